The molecule has 0 unspecified atom stereocenters. The normalized spacial score (nSPS) is 19.2. The molecule has 0 saturated heterocycles. The highest BCUT2D eigenvalue weighted by Crippen LogP contribution is 2.42. The molecule has 2 amide bonds. The van der Waals surface area contributed by atoms with Gasteiger partial charge in [-0.3, -0.25) is 14.4 Å². The molecule has 11 heteroatoms. The molecule has 9 nitrogen and oxygen atoms in total. The maximum atomic E-state index is 13.7. The highest BCUT2D eigenvalue weighted by Gasteiger charge is 2.48. The van der Waals surface area contributed by atoms with Gasteiger partial charge in [0.2, 0.25) is 5.91 Å². The minimum absolute atomic E-state index is 0.0725. The molecule has 1 heterocycles. The van der Waals surface area contributed by atoms with E-state index in [0.717, 1.165) is 6.07 Å². The molecule has 39 heavy (non-hydrogen) atoms. The molecule has 4 N–H and O–H groups in total. The topological polar surface area (TPSA) is 137 Å². The molecule has 0 bridgehead atoms. The number of carbonyl (C=O) groups excluding carboxylic acids is 4. The quantitative estimate of drug-likeness (QED) is 0.330. The number of rotatable bonds is 8. The van der Waals surface area contributed by atoms with Gasteiger partial charge in [0.1, 0.15) is 23.2 Å². The number of amides is 2. The summed E-state index contributed by atoms with van der Waals surface area (Å²) in [6, 6.07) is 5.42. The molecule has 0 spiro atoms. The Kier molecular flexibility index (Phi) is 9.02. The number of hydrogen-bond donors (Lipinski definition) is 3. The van der Waals surface area contributed by atoms with Gasteiger partial charge in [-0.25, -0.2) is 9.18 Å². The third-order valence-electron chi connectivity index (χ3n) is 6.56. The number of nitrogens with two attached hydrogens (primary N) is 1. The van der Waals surface area contributed by atoms with Crippen molar-refractivity contribution in [1.29, 1.82) is 0 Å². The van der Waals surface area contributed by atoms with Crippen LogP contribution in [0.4, 0.5) is 4.39 Å². The average Bonchev–Trinajstić information content (AvgIpc) is 2.86. The summed E-state index contributed by atoms with van der Waals surface area (Å²) < 4.78 is 25.7. The van der Waals surface area contributed by atoms with E-state index < -0.39 is 53.4 Å². The first kappa shape index (κ1) is 30.0. The van der Waals surface area contributed by atoms with Crippen LogP contribution in [0.15, 0.2) is 36.4 Å². The second kappa shape index (κ2) is 11.7. The molecular weight excluding hydrogens is 529 g/mol. The Morgan fingerprint density at radius 3 is 2.31 bits per heavy atom. The maximum absolute atomic E-state index is 13.7. The number of halogens is 2. The van der Waals surface area contributed by atoms with Gasteiger partial charge in [0, 0.05) is 16.7 Å². The lowest BCUT2D eigenvalue weighted by molar-refractivity contribution is -0.168. The summed E-state index contributed by atoms with van der Waals surface area (Å²) >= 11 is 5.87. The Labute approximate surface area is 231 Å². The first-order valence-corrected chi connectivity index (χ1v) is 12.9. The van der Waals surface area contributed by atoms with Gasteiger partial charge in [-0.15, -0.1) is 0 Å². The highest BCUT2D eigenvalue weighted by atomic mass is 35.5. The summed E-state index contributed by atoms with van der Waals surface area (Å²) in [6.45, 7) is 9.77. The fraction of sp³-hybridized carbons (Fsp3) is 0.429. The lowest BCUT2D eigenvalue weighted by Crippen LogP contribution is -2.57. The van der Waals surface area contributed by atoms with E-state index in [2.05, 4.69) is 10.6 Å². The van der Waals surface area contributed by atoms with Gasteiger partial charge in [0.25, 0.3) is 5.91 Å². The zero-order valence-electron chi connectivity index (χ0n) is 22.6. The molecule has 1 aliphatic rings. The van der Waals surface area contributed by atoms with Gasteiger partial charge >= 0.3 is 5.97 Å². The van der Waals surface area contributed by atoms with Crippen molar-refractivity contribution in [1.82, 2.24) is 10.6 Å². The number of Topliss-reactive ketones (excluding diaryl/α,β-unsaturated/α-hetero) is 1. The van der Waals surface area contributed by atoms with Crippen LogP contribution in [-0.4, -0.2) is 47.4 Å². The average molecular weight is 562 g/mol. The SMILES string of the molecule is CC(=O)c1ccc2c(c1)[C@H](NC(=O)c1ccc(F)c(Cl)c1)[C@H](OC(=O)[C@H](C)NC(=O)[C@@H](N)C(C)C)C(C)(C)O2. The van der Waals surface area contributed by atoms with E-state index in [4.69, 9.17) is 26.8 Å². The van der Waals surface area contributed by atoms with Gasteiger partial charge < -0.3 is 25.8 Å². The number of carbonyl (C=O) groups is 4. The number of esters is 1. The third-order valence-corrected chi connectivity index (χ3v) is 6.85. The molecule has 1 aliphatic heterocycles. The van der Waals surface area contributed by atoms with E-state index in [1.54, 1.807) is 45.9 Å². The van der Waals surface area contributed by atoms with Crippen LogP contribution in [0.1, 0.15) is 73.9 Å². The number of benzene rings is 2. The van der Waals surface area contributed by atoms with Crippen molar-refractivity contribution in [3.05, 3.63) is 63.9 Å². The zero-order valence-corrected chi connectivity index (χ0v) is 23.4. The van der Waals surface area contributed by atoms with Gasteiger partial charge in [0.15, 0.2) is 11.9 Å². The summed E-state index contributed by atoms with van der Waals surface area (Å²) in [5.74, 6) is -2.58. The predicted octanol–water partition coefficient (Wildman–Crippen LogP) is 3.72. The van der Waals surface area contributed by atoms with E-state index in [9.17, 15) is 23.6 Å². The van der Waals surface area contributed by atoms with Crippen molar-refractivity contribution in [3.63, 3.8) is 0 Å². The fourth-order valence-corrected chi connectivity index (χ4v) is 4.31. The first-order valence-electron chi connectivity index (χ1n) is 12.5. The molecule has 0 aromatic heterocycles. The Bertz CT molecular complexity index is 1300. The number of nitrogens with one attached hydrogen (secondary N) is 2. The monoisotopic (exact) mass is 561 g/mol. The summed E-state index contributed by atoms with van der Waals surface area (Å²) in [6.07, 6.45) is -1.10. The third kappa shape index (κ3) is 6.75. The van der Waals surface area contributed by atoms with Crippen LogP contribution in [0.25, 0.3) is 0 Å². The van der Waals surface area contributed by atoms with E-state index in [-0.39, 0.29) is 22.3 Å². The Morgan fingerprint density at radius 1 is 1.08 bits per heavy atom. The molecule has 2 aromatic carbocycles. The van der Waals surface area contributed by atoms with Gasteiger partial charge in [-0.2, -0.15) is 0 Å². The lowest BCUT2D eigenvalue weighted by atomic mass is 9.85. The standard InChI is InChI=1S/C28H33ClFN3O6/c1-13(2)22(31)26(36)32-14(3)27(37)38-24-23(33-25(35)17-7-9-20(30)19(29)12-17)18-11-16(15(4)34)8-10-21(18)39-28(24,5)6/h7-14,22-24H,31H2,1-6H3,(H,32,36)(H,33,35)/t14-,22-,23-,24-/m0/s1. The summed E-state index contributed by atoms with van der Waals surface area (Å²) in [5.41, 5.74) is 5.56. The van der Waals surface area contributed by atoms with Crippen LogP contribution < -0.4 is 21.1 Å². The van der Waals surface area contributed by atoms with Crippen molar-refractivity contribution < 1.29 is 33.0 Å². The summed E-state index contributed by atoms with van der Waals surface area (Å²) in [7, 11) is 0. The molecule has 0 fully saturated rings. The van der Waals surface area contributed by atoms with Crippen LogP contribution in [-0.2, 0) is 14.3 Å². The number of hydrogen-bond acceptors (Lipinski definition) is 7. The predicted molar refractivity (Wildman–Crippen MR) is 143 cm³/mol. The molecule has 0 aliphatic carbocycles. The molecule has 210 valence electrons. The zero-order chi connectivity index (χ0) is 29.2. The van der Waals surface area contributed by atoms with Crippen LogP contribution in [0, 0.1) is 11.7 Å². The molecule has 4 atom stereocenters. The smallest absolute Gasteiger partial charge is 0.328 e. The summed E-state index contributed by atoms with van der Waals surface area (Å²) in [4.78, 5) is 50.9. The Morgan fingerprint density at radius 2 is 1.72 bits per heavy atom. The van der Waals surface area contributed by atoms with Gasteiger partial charge in [-0.1, -0.05) is 25.4 Å². The van der Waals surface area contributed by atoms with Crippen LogP contribution in [0.5, 0.6) is 5.75 Å². The number of ether oxygens (including phenoxy) is 2. The van der Waals surface area contributed by atoms with E-state index in [1.807, 2.05) is 0 Å². The maximum Gasteiger partial charge on any atom is 0.328 e. The highest BCUT2D eigenvalue weighted by molar-refractivity contribution is 6.31. The largest absolute Gasteiger partial charge is 0.484 e. The molecule has 2 aromatic rings. The minimum Gasteiger partial charge on any atom is -0.484 e. The van der Waals surface area contributed by atoms with Crippen molar-refractivity contribution in [2.75, 3.05) is 0 Å². The molecule has 0 saturated carbocycles. The molecule has 0 radical (unpaired) electrons. The van der Waals surface area contributed by atoms with Crippen LogP contribution in [0.2, 0.25) is 5.02 Å². The molecule has 3 rings (SSSR count). The number of fused-ring (bicyclic) bond motifs is 1. The van der Waals surface area contributed by atoms with E-state index >= 15 is 0 Å². The van der Waals surface area contributed by atoms with Crippen molar-refractivity contribution in [2.45, 2.75) is 71.4 Å². The Hall–Kier alpha value is -3.50. The van der Waals surface area contributed by atoms with Crippen LogP contribution >= 0.6 is 11.6 Å². The molecular formula is C28H33ClFN3O6. The van der Waals surface area contributed by atoms with Crippen molar-refractivity contribution in [3.8, 4) is 5.75 Å². The van der Waals surface area contributed by atoms with Gasteiger partial charge in [-0.05, 0) is 70.0 Å². The second-order valence-electron chi connectivity index (χ2n) is 10.5. The fourth-order valence-electron chi connectivity index (χ4n) is 4.13. The van der Waals surface area contributed by atoms with E-state index in [0.29, 0.717) is 16.9 Å². The van der Waals surface area contributed by atoms with E-state index in [1.165, 1.54) is 26.0 Å². The van der Waals surface area contributed by atoms with Crippen LogP contribution in [0.3, 0.4) is 0 Å². The minimum atomic E-state index is -1.16. The second-order valence-corrected chi connectivity index (χ2v) is 10.9. The lowest BCUT2D eigenvalue weighted by Gasteiger charge is -2.44. The van der Waals surface area contributed by atoms with Gasteiger partial charge in [0.05, 0.1) is 17.1 Å². The summed E-state index contributed by atoms with van der Waals surface area (Å²) in [5, 5.41) is 5.15. The van der Waals surface area contributed by atoms with Crippen molar-refractivity contribution >= 4 is 35.2 Å². The first-order chi connectivity index (χ1) is 18.1. The van der Waals surface area contributed by atoms with Crippen molar-refractivity contribution in [2.24, 2.45) is 11.7 Å². The number of ketones is 1. The Balaban J connectivity index is 1.98.